The van der Waals surface area contributed by atoms with E-state index in [9.17, 15) is 14.4 Å². The number of aryl methyl sites for hydroxylation is 1. The van der Waals surface area contributed by atoms with Crippen LogP contribution in [0.3, 0.4) is 0 Å². The largest absolute Gasteiger partial charge is 0.452 e. The summed E-state index contributed by atoms with van der Waals surface area (Å²) in [5.74, 6) is -0.489. The van der Waals surface area contributed by atoms with Gasteiger partial charge >= 0.3 is 11.7 Å². The molecular formula is C14H20N2O6. The summed E-state index contributed by atoms with van der Waals surface area (Å²) in [5.41, 5.74) is -0.717. The third kappa shape index (κ3) is 3.45. The summed E-state index contributed by atoms with van der Waals surface area (Å²) in [6.07, 6.45) is 0.961. The number of aromatic amines is 1. The van der Waals surface area contributed by atoms with Crippen LogP contribution >= 0.6 is 0 Å². The van der Waals surface area contributed by atoms with E-state index in [-0.39, 0.29) is 0 Å². The van der Waals surface area contributed by atoms with Crippen LogP contribution in [0.1, 0.15) is 38.5 Å². The summed E-state index contributed by atoms with van der Waals surface area (Å²) < 4.78 is 17.4. The maximum atomic E-state index is 11.9. The van der Waals surface area contributed by atoms with Gasteiger partial charge < -0.3 is 14.2 Å². The summed E-state index contributed by atoms with van der Waals surface area (Å²) in [6, 6.07) is 0. The molecule has 1 fully saturated rings. The average molecular weight is 312 g/mol. The molecule has 2 rings (SSSR count). The summed E-state index contributed by atoms with van der Waals surface area (Å²) >= 11 is 0. The summed E-state index contributed by atoms with van der Waals surface area (Å²) in [5, 5.41) is 0. The Morgan fingerprint density at radius 2 is 2.18 bits per heavy atom. The quantitative estimate of drug-likeness (QED) is 0.604. The van der Waals surface area contributed by atoms with Crippen molar-refractivity contribution in [2.24, 2.45) is 0 Å². The number of hydrogen-bond acceptors (Lipinski definition) is 6. The topological polar surface area (TPSA) is 99.6 Å². The molecule has 0 radical (unpaired) electrons. The number of esters is 1. The molecule has 8 heteroatoms. The van der Waals surface area contributed by atoms with Crippen LogP contribution in [0.4, 0.5) is 0 Å². The Kier molecular flexibility index (Phi) is 5.15. The molecular weight excluding hydrogens is 292 g/mol. The molecule has 0 aromatic carbocycles. The van der Waals surface area contributed by atoms with E-state index in [0.717, 1.165) is 12.8 Å². The lowest BCUT2D eigenvalue weighted by Crippen LogP contribution is -2.56. The van der Waals surface area contributed by atoms with Crippen molar-refractivity contribution in [3.05, 3.63) is 32.6 Å². The zero-order valence-corrected chi connectivity index (χ0v) is 12.8. The second-order valence-electron chi connectivity index (χ2n) is 5.17. The van der Waals surface area contributed by atoms with Crippen molar-refractivity contribution in [3.63, 3.8) is 0 Å². The molecule has 0 spiro atoms. The number of ether oxygens (including phenoxy) is 3. The number of H-pyrrole nitrogens is 1. The fourth-order valence-electron chi connectivity index (χ4n) is 2.12. The molecule has 0 amide bonds. The molecule has 1 aliphatic heterocycles. The van der Waals surface area contributed by atoms with Gasteiger partial charge in [-0.05, 0) is 13.3 Å². The van der Waals surface area contributed by atoms with Crippen LogP contribution in [0.2, 0.25) is 0 Å². The van der Waals surface area contributed by atoms with Crippen molar-refractivity contribution < 1.29 is 19.0 Å². The standard InChI is InChI=1S/C14H20N2O6/c1-4-5-6-20-13-10(21-9(3)17)12(22-13)16-7-8(2)11(18)15-14(16)19/h7,10,12-13H,4-6H2,1-3H3,(H,15,18,19)/t10-,12-,13?/m1/s1. The molecule has 2 heterocycles. The van der Waals surface area contributed by atoms with E-state index in [0.29, 0.717) is 12.2 Å². The first-order valence-electron chi connectivity index (χ1n) is 7.20. The number of carbonyl (C=O) groups excluding carboxylic acids is 1. The second-order valence-corrected chi connectivity index (χ2v) is 5.17. The van der Waals surface area contributed by atoms with Crippen LogP contribution in [-0.2, 0) is 19.0 Å². The summed E-state index contributed by atoms with van der Waals surface area (Å²) in [7, 11) is 0. The van der Waals surface area contributed by atoms with Gasteiger partial charge in [-0.2, -0.15) is 0 Å². The monoisotopic (exact) mass is 312 g/mol. The predicted molar refractivity (Wildman–Crippen MR) is 76.4 cm³/mol. The highest BCUT2D eigenvalue weighted by Gasteiger charge is 2.48. The van der Waals surface area contributed by atoms with E-state index in [1.165, 1.54) is 17.7 Å². The summed E-state index contributed by atoms with van der Waals surface area (Å²) in [4.78, 5) is 36.7. The van der Waals surface area contributed by atoms with E-state index < -0.39 is 35.8 Å². The Morgan fingerprint density at radius 1 is 1.45 bits per heavy atom. The molecule has 0 bridgehead atoms. The molecule has 8 nitrogen and oxygen atoms in total. The van der Waals surface area contributed by atoms with Crippen LogP contribution in [0.5, 0.6) is 0 Å². The SMILES string of the molecule is CCCCOC1O[C@@H](n2cc(C)c(=O)[nH]c2=O)[C@H]1OC(C)=O. The highest BCUT2D eigenvalue weighted by Crippen LogP contribution is 2.33. The van der Waals surface area contributed by atoms with Gasteiger partial charge in [0.05, 0.1) is 0 Å². The Balaban J connectivity index is 2.17. The zero-order chi connectivity index (χ0) is 16.3. The van der Waals surface area contributed by atoms with E-state index in [1.54, 1.807) is 6.92 Å². The molecule has 1 aliphatic rings. The number of aromatic nitrogens is 2. The van der Waals surface area contributed by atoms with Gasteiger partial charge in [0.15, 0.2) is 12.3 Å². The van der Waals surface area contributed by atoms with E-state index in [2.05, 4.69) is 4.98 Å². The van der Waals surface area contributed by atoms with Crippen LogP contribution in [0.25, 0.3) is 0 Å². The van der Waals surface area contributed by atoms with Crippen LogP contribution < -0.4 is 11.2 Å². The lowest BCUT2D eigenvalue weighted by Gasteiger charge is -2.43. The van der Waals surface area contributed by atoms with Crippen LogP contribution in [0, 0.1) is 6.92 Å². The fraction of sp³-hybridized carbons (Fsp3) is 0.643. The fourth-order valence-corrected chi connectivity index (χ4v) is 2.12. The first-order valence-corrected chi connectivity index (χ1v) is 7.20. The number of rotatable bonds is 6. The first kappa shape index (κ1) is 16.4. The third-order valence-corrected chi connectivity index (χ3v) is 3.32. The summed E-state index contributed by atoms with van der Waals surface area (Å²) in [6.45, 7) is 5.36. The number of hydrogen-bond donors (Lipinski definition) is 1. The van der Waals surface area contributed by atoms with Gasteiger partial charge in [-0.1, -0.05) is 13.3 Å². The molecule has 1 saturated heterocycles. The van der Waals surface area contributed by atoms with Crippen molar-refractivity contribution in [3.8, 4) is 0 Å². The number of nitrogens with one attached hydrogen (secondary N) is 1. The predicted octanol–water partition coefficient (Wildman–Crippen LogP) is 0.448. The number of unbranched alkanes of at least 4 members (excludes halogenated alkanes) is 1. The van der Waals surface area contributed by atoms with Gasteiger partial charge in [0.2, 0.25) is 6.29 Å². The highest BCUT2D eigenvalue weighted by atomic mass is 16.8. The molecule has 1 unspecified atom stereocenters. The smallest absolute Gasteiger partial charge is 0.330 e. The highest BCUT2D eigenvalue weighted by molar-refractivity contribution is 5.66. The van der Waals surface area contributed by atoms with Crippen LogP contribution in [0.15, 0.2) is 15.8 Å². The Labute approximate surface area is 127 Å². The van der Waals surface area contributed by atoms with Crippen molar-refractivity contribution in [2.45, 2.75) is 52.2 Å². The number of carbonyl (C=O) groups is 1. The maximum Gasteiger partial charge on any atom is 0.330 e. The maximum absolute atomic E-state index is 11.9. The Hall–Kier alpha value is -1.93. The van der Waals surface area contributed by atoms with Crippen LogP contribution in [-0.4, -0.2) is 34.5 Å². The van der Waals surface area contributed by atoms with Gasteiger partial charge in [-0.15, -0.1) is 0 Å². The Bertz CT molecular complexity index is 649. The third-order valence-electron chi connectivity index (χ3n) is 3.32. The van der Waals surface area contributed by atoms with Gasteiger partial charge in [0, 0.05) is 25.3 Å². The molecule has 22 heavy (non-hydrogen) atoms. The van der Waals surface area contributed by atoms with E-state index in [4.69, 9.17) is 14.2 Å². The van der Waals surface area contributed by atoms with E-state index >= 15 is 0 Å². The van der Waals surface area contributed by atoms with Gasteiger partial charge in [0.25, 0.3) is 5.56 Å². The zero-order valence-electron chi connectivity index (χ0n) is 12.8. The van der Waals surface area contributed by atoms with Gasteiger partial charge in [0.1, 0.15) is 0 Å². The molecule has 3 atom stereocenters. The van der Waals surface area contributed by atoms with Crippen molar-refractivity contribution in [1.29, 1.82) is 0 Å². The van der Waals surface area contributed by atoms with E-state index in [1.807, 2.05) is 6.92 Å². The molecule has 1 N–H and O–H groups in total. The van der Waals surface area contributed by atoms with Gasteiger partial charge in [-0.25, -0.2) is 4.79 Å². The van der Waals surface area contributed by atoms with Gasteiger partial charge in [-0.3, -0.25) is 19.1 Å². The van der Waals surface area contributed by atoms with Crippen molar-refractivity contribution in [1.82, 2.24) is 9.55 Å². The molecule has 1 aromatic heterocycles. The molecule has 122 valence electrons. The lowest BCUT2D eigenvalue weighted by molar-refractivity contribution is -0.350. The second kappa shape index (κ2) is 6.89. The lowest BCUT2D eigenvalue weighted by atomic mass is 10.2. The normalized spacial score (nSPS) is 23.9. The average Bonchev–Trinajstić information content (AvgIpc) is 2.44. The van der Waals surface area contributed by atoms with Crippen molar-refractivity contribution >= 4 is 5.97 Å². The van der Waals surface area contributed by atoms with Crippen molar-refractivity contribution in [2.75, 3.05) is 6.61 Å². The Morgan fingerprint density at radius 3 is 2.82 bits per heavy atom. The molecule has 0 aliphatic carbocycles. The number of nitrogens with zero attached hydrogens (tertiary/aromatic N) is 1. The minimum atomic E-state index is -0.807. The minimum Gasteiger partial charge on any atom is -0.452 e. The minimum absolute atomic E-state index is 0.361. The molecule has 0 saturated carbocycles. The molecule has 1 aromatic rings. The first-order chi connectivity index (χ1) is 10.4.